The number of carbonyl (C=O) groups is 1. The summed E-state index contributed by atoms with van der Waals surface area (Å²) in [6.45, 7) is 0.969. The molecule has 0 spiro atoms. The van der Waals surface area contributed by atoms with Gasteiger partial charge in [-0.3, -0.25) is 9.78 Å². The van der Waals surface area contributed by atoms with Gasteiger partial charge in [-0.2, -0.15) is 18.3 Å². The first-order valence-electron chi connectivity index (χ1n) is 9.35. The lowest BCUT2D eigenvalue weighted by Crippen LogP contribution is -2.39. The number of nitrogens with one attached hydrogen (secondary N) is 1. The van der Waals surface area contributed by atoms with Gasteiger partial charge in [0.05, 0.1) is 5.56 Å². The van der Waals surface area contributed by atoms with Gasteiger partial charge in [-0.1, -0.05) is 0 Å². The van der Waals surface area contributed by atoms with Crippen LogP contribution in [0.3, 0.4) is 0 Å². The van der Waals surface area contributed by atoms with Crippen molar-refractivity contribution in [1.29, 1.82) is 0 Å². The Morgan fingerprint density at radius 2 is 2.00 bits per heavy atom. The summed E-state index contributed by atoms with van der Waals surface area (Å²) >= 11 is 1.45. The Morgan fingerprint density at radius 3 is 2.60 bits per heavy atom. The Morgan fingerprint density at radius 1 is 1.23 bits per heavy atom. The van der Waals surface area contributed by atoms with Gasteiger partial charge in [0.15, 0.2) is 0 Å². The first kappa shape index (κ1) is 20.3. The molecular weight excluding hydrogens is 419 g/mol. The van der Waals surface area contributed by atoms with Crippen molar-refractivity contribution < 1.29 is 18.0 Å². The molecule has 0 unspecified atom stereocenters. The van der Waals surface area contributed by atoms with Crippen molar-refractivity contribution in [2.45, 2.75) is 25.4 Å². The van der Waals surface area contributed by atoms with Gasteiger partial charge < -0.3 is 4.90 Å². The van der Waals surface area contributed by atoms with Crippen LogP contribution in [0.2, 0.25) is 0 Å². The smallest absolute Gasteiger partial charge is 0.339 e. The van der Waals surface area contributed by atoms with Crippen LogP contribution in [-0.4, -0.2) is 43.6 Å². The maximum atomic E-state index is 12.6. The number of rotatable bonds is 4. The Bertz CT molecular complexity index is 1070. The first-order chi connectivity index (χ1) is 14.3. The number of piperidine rings is 1. The number of aromatic amines is 1. The van der Waals surface area contributed by atoms with Crippen LogP contribution in [0.1, 0.15) is 34.7 Å². The largest absolute Gasteiger partial charge is 0.433 e. The van der Waals surface area contributed by atoms with Crippen molar-refractivity contribution in [3.05, 3.63) is 63.4 Å². The lowest BCUT2D eigenvalue weighted by molar-refractivity contribution is -0.141. The van der Waals surface area contributed by atoms with Crippen molar-refractivity contribution in [3.8, 4) is 5.00 Å². The molecule has 1 fully saturated rings. The lowest BCUT2D eigenvalue weighted by Gasteiger charge is -2.31. The number of thiophene rings is 1. The van der Waals surface area contributed by atoms with Crippen LogP contribution in [0, 0.1) is 5.92 Å². The van der Waals surface area contributed by atoms with Crippen LogP contribution >= 0.6 is 11.3 Å². The fourth-order valence-electron chi connectivity index (χ4n) is 3.56. The fraction of sp³-hybridized carbons (Fsp3) is 0.368. The third-order valence-electron chi connectivity index (χ3n) is 5.14. The molecule has 1 amide bonds. The first-order valence-corrected chi connectivity index (χ1v) is 10.2. The number of amides is 1. The molecule has 4 rings (SSSR count). The summed E-state index contributed by atoms with van der Waals surface area (Å²) in [6.07, 6.45) is -1.53. The summed E-state index contributed by atoms with van der Waals surface area (Å²) in [5, 5.41) is 9.32. The van der Waals surface area contributed by atoms with Crippen molar-refractivity contribution in [1.82, 2.24) is 24.6 Å². The second kappa shape index (κ2) is 8.05. The third-order valence-corrected chi connectivity index (χ3v) is 6.00. The summed E-state index contributed by atoms with van der Waals surface area (Å²) in [6, 6.07) is 5.70. The molecule has 3 aromatic rings. The van der Waals surface area contributed by atoms with E-state index in [0.717, 1.165) is 23.3 Å². The van der Waals surface area contributed by atoms with Crippen LogP contribution in [0.5, 0.6) is 0 Å². The van der Waals surface area contributed by atoms with Crippen LogP contribution in [0.25, 0.3) is 5.00 Å². The van der Waals surface area contributed by atoms with Crippen LogP contribution in [-0.2, 0) is 12.6 Å². The highest BCUT2D eigenvalue weighted by molar-refractivity contribution is 7.12. The van der Waals surface area contributed by atoms with E-state index < -0.39 is 11.9 Å². The second-order valence-corrected chi connectivity index (χ2v) is 8.03. The van der Waals surface area contributed by atoms with Crippen LogP contribution in [0.4, 0.5) is 13.2 Å². The van der Waals surface area contributed by atoms with Gasteiger partial charge >= 0.3 is 11.9 Å². The quantitative estimate of drug-likeness (QED) is 0.680. The van der Waals surface area contributed by atoms with Crippen molar-refractivity contribution in [2.24, 2.45) is 5.92 Å². The Hall–Kier alpha value is -2.95. The minimum atomic E-state index is -4.53. The highest BCUT2D eigenvalue weighted by Crippen LogP contribution is 2.28. The molecular formula is C19H18F3N5O2S. The number of halogens is 3. The number of aromatic nitrogens is 4. The van der Waals surface area contributed by atoms with E-state index in [4.69, 9.17) is 0 Å². The van der Waals surface area contributed by atoms with E-state index in [9.17, 15) is 22.8 Å². The van der Waals surface area contributed by atoms with E-state index in [2.05, 4.69) is 15.2 Å². The van der Waals surface area contributed by atoms with E-state index in [1.807, 2.05) is 17.5 Å². The molecule has 0 radical (unpaired) electrons. The molecule has 1 aliphatic rings. The van der Waals surface area contributed by atoms with E-state index in [1.54, 1.807) is 9.47 Å². The van der Waals surface area contributed by atoms with Crippen molar-refractivity contribution in [3.63, 3.8) is 0 Å². The van der Waals surface area contributed by atoms with Crippen molar-refractivity contribution in [2.75, 3.05) is 13.1 Å². The second-order valence-electron chi connectivity index (χ2n) is 7.10. The molecule has 4 heterocycles. The Labute approximate surface area is 173 Å². The van der Waals surface area contributed by atoms with Gasteiger partial charge in [-0.15, -0.1) is 11.3 Å². The topological polar surface area (TPSA) is 83.9 Å². The minimum absolute atomic E-state index is 0.139. The number of alkyl halides is 3. The molecule has 1 saturated heterocycles. The molecule has 0 atom stereocenters. The number of pyridine rings is 1. The molecule has 3 aromatic heterocycles. The normalized spacial score (nSPS) is 15.5. The van der Waals surface area contributed by atoms with E-state index in [-0.39, 0.29) is 23.1 Å². The monoisotopic (exact) mass is 437 g/mol. The zero-order valence-electron chi connectivity index (χ0n) is 15.7. The Balaban J connectivity index is 1.38. The molecule has 1 N–H and O–H groups in total. The minimum Gasteiger partial charge on any atom is -0.339 e. The van der Waals surface area contributed by atoms with Gasteiger partial charge in [-0.05, 0) is 48.4 Å². The zero-order chi connectivity index (χ0) is 21.3. The predicted molar refractivity (Wildman–Crippen MR) is 104 cm³/mol. The van der Waals surface area contributed by atoms with E-state index in [1.165, 1.54) is 11.3 Å². The highest BCUT2D eigenvalue weighted by atomic mass is 32.1. The molecule has 158 valence electrons. The highest BCUT2D eigenvalue weighted by Gasteiger charge is 2.33. The number of carbonyl (C=O) groups excluding carboxylic acids is 1. The summed E-state index contributed by atoms with van der Waals surface area (Å²) < 4.78 is 39.5. The fourth-order valence-corrected chi connectivity index (χ4v) is 4.31. The molecule has 0 bridgehead atoms. The summed E-state index contributed by atoms with van der Waals surface area (Å²) in [5.41, 5.74) is -1.16. The van der Waals surface area contributed by atoms with Crippen molar-refractivity contribution >= 4 is 17.2 Å². The lowest BCUT2D eigenvalue weighted by atomic mass is 9.93. The van der Waals surface area contributed by atoms with Gasteiger partial charge in [-0.25, -0.2) is 14.5 Å². The summed E-state index contributed by atoms with van der Waals surface area (Å²) in [5.74, 6) is 0.567. The molecule has 30 heavy (non-hydrogen) atoms. The zero-order valence-corrected chi connectivity index (χ0v) is 16.5. The summed E-state index contributed by atoms with van der Waals surface area (Å²) in [7, 11) is 0. The molecule has 0 aliphatic carbocycles. The van der Waals surface area contributed by atoms with Gasteiger partial charge in [0, 0.05) is 25.7 Å². The average Bonchev–Trinajstić information content (AvgIpc) is 3.37. The van der Waals surface area contributed by atoms with Crippen LogP contribution < -0.4 is 5.69 Å². The molecule has 1 aliphatic heterocycles. The predicted octanol–water partition coefficient (Wildman–Crippen LogP) is 3.13. The Kier molecular flexibility index (Phi) is 5.46. The number of likely N-dealkylation sites (tertiary alicyclic amines) is 1. The SMILES string of the molecule is O=C(c1ccc(C(F)(F)F)nc1)N1CCC(Cc2n[nH]c(=O)n2-c2cccs2)CC1. The third kappa shape index (κ3) is 4.16. The number of hydrogen-bond donors (Lipinski definition) is 1. The number of hydrogen-bond acceptors (Lipinski definition) is 5. The number of H-pyrrole nitrogens is 1. The maximum Gasteiger partial charge on any atom is 0.433 e. The molecule has 11 heteroatoms. The summed E-state index contributed by atoms with van der Waals surface area (Å²) in [4.78, 5) is 29.6. The van der Waals surface area contributed by atoms with Crippen LogP contribution in [0.15, 0.2) is 40.6 Å². The molecule has 0 saturated carbocycles. The van der Waals surface area contributed by atoms with Gasteiger partial charge in [0.25, 0.3) is 5.91 Å². The van der Waals surface area contributed by atoms with Gasteiger partial charge in [0.1, 0.15) is 16.5 Å². The standard InChI is InChI=1S/C19H18F3N5O2S/c20-19(21,22)14-4-3-13(11-23-14)17(28)26-7-5-12(6-8-26)10-15-24-25-18(29)27(15)16-2-1-9-30-16/h1-4,9,11-12H,5-8,10H2,(H,25,29). The van der Waals surface area contributed by atoms with E-state index >= 15 is 0 Å². The average molecular weight is 437 g/mol. The van der Waals surface area contributed by atoms with Gasteiger partial charge in [0.2, 0.25) is 0 Å². The molecule has 7 nitrogen and oxygen atoms in total. The van der Waals surface area contributed by atoms with E-state index in [0.29, 0.717) is 38.2 Å². The number of nitrogens with zero attached hydrogens (tertiary/aromatic N) is 4. The maximum absolute atomic E-state index is 12.6. The molecule has 0 aromatic carbocycles.